The molecule has 0 fully saturated rings. The van der Waals surface area contributed by atoms with E-state index in [1.165, 1.54) is 16.9 Å². The van der Waals surface area contributed by atoms with E-state index in [4.69, 9.17) is 10.4 Å². The number of pyridine rings is 1. The van der Waals surface area contributed by atoms with Gasteiger partial charge in [-0.1, -0.05) is 12.1 Å². The molecule has 0 saturated carbocycles. The third-order valence-corrected chi connectivity index (χ3v) is 3.44. The van der Waals surface area contributed by atoms with Crippen molar-refractivity contribution in [3.05, 3.63) is 47.8 Å². The molecule has 0 spiro atoms. The van der Waals surface area contributed by atoms with Crippen LogP contribution in [0.15, 0.2) is 36.7 Å². The molecule has 9 nitrogen and oxygen atoms in total. The summed E-state index contributed by atoms with van der Waals surface area (Å²) in [6.45, 7) is -0.593. The summed E-state index contributed by atoms with van der Waals surface area (Å²) in [5, 5.41) is 34.2. The summed E-state index contributed by atoms with van der Waals surface area (Å²) >= 11 is 0. The van der Waals surface area contributed by atoms with Crippen LogP contribution >= 0.6 is 0 Å². The number of hydrogen-bond donors (Lipinski definition) is 3. The highest BCUT2D eigenvalue weighted by molar-refractivity contribution is 6.04. The molecule has 3 aromatic rings. The number of carbonyl (C=O) groups is 2. The monoisotopic (exact) mass is 337 g/mol. The van der Waals surface area contributed by atoms with E-state index in [1.807, 2.05) is 6.07 Å². The van der Waals surface area contributed by atoms with Gasteiger partial charge in [0.05, 0.1) is 17.3 Å². The van der Waals surface area contributed by atoms with E-state index in [0.29, 0.717) is 16.8 Å². The lowest BCUT2D eigenvalue weighted by Crippen LogP contribution is -2.29. The average molecular weight is 337 g/mol. The molecule has 0 aliphatic carbocycles. The highest BCUT2D eigenvalue weighted by Gasteiger charge is 2.21. The van der Waals surface area contributed by atoms with Crippen LogP contribution in [0.25, 0.3) is 16.9 Å². The molecule has 0 atom stereocenters. The number of rotatable bonds is 4. The number of carbonyl (C=O) groups excluding carboxylic acids is 1. The van der Waals surface area contributed by atoms with Crippen LogP contribution in [0.2, 0.25) is 0 Å². The minimum atomic E-state index is -1.21. The van der Waals surface area contributed by atoms with Gasteiger partial charge in [-0.15, -0.1) is 0 Å². The molecular formula is C16H11N5O4. The Kier molecular flexibility index (Phi) is 4.01. The lowest BCUT2D eigenvalue weighted by Gasteiger charge is -2.10. The number of nitrogens with one attached hydrogen (secondary N) is 1. The van der Waals surface area contributed by atoms with Crippen LogP contribution < -0.4 is 5.32 Å². The van der Waals surface area contributed by atoms with Gasteiger partial charge in [0.25, 0.3) is 5.91 Å². The molecule has 0 saturated heterocycles. The fraction of sp³-hybridized carbons (Fsp3) is 0.0625. The molecule has 1 amide bonds. The number of amides is 1. The van der Waals surface area contributed by atoms with Crippen molar-refractivity contribution in [1.29, 1.82) is 5.26 Å². The first-order valence-electron chi connectivity index (χ1n) is 7.07. The van der Waals surface area contributed by atoms with Gasteiger partial charge in [0.1, 0.15) is 24.2 Å². The van der Waals surface area contributed by atoms with Gasteiger partial charge in [0.2, 0.25) is 0 Å². The maximum atomic E-state index is 12.2. The molecule has 0 radical (unpaired) electrons. The van der Waals surface area contributed by atoms with Crippen molar-refractivity contribution < 1.29 is 19.8 Å². The Morgan fingerprint density at radius 2 is 2.12 bits per heavy atom. The standard InChI is InChI=1S/C16H11N5O4/c17-6-9-2-1-3-10(4-9)11-5-12(22)14(15-19-8-20-21(11)15)16(25)18-7-13(23)24/h1-5,8,22H,7H2,(H,18,25)(H,23,24). The normalized spacial score (nSPS) is 10.4. The van der Waals surface area contributed by atoms with Crippen LogP contribution in [0, 0.1) is 11.3 Å². The Balaban J connectivity index is 2.14. The Bertz CT molecular complexity index is 1030. The predicted molar refractivity (Wildman–Crippen MR) is 84.8 cm³/mol. The van der Waals surface area contributed by atoms with Crippen LogP contribution in [-0.2, 0) is 4.79 Å². The summed E-state index contributed by atoms with van der Waals surface area (Å²) in [7, 11) is 0. The topological polar surface area (TPSA) is 141 Å². The van der Waals surface area contributed by atoms with E-state index in [-0.39, 0.29) is 17.0 Å². The maximum Gasteiger partial charge on any atom is 0.322 e. The number of carboxylic acid groups (broad SMARTS) is 1. The molecule has 3 rings (SSSR count). The van der Waals surface area contributed by atoms with Crippen LogP contribution in [-0.4, -0.2) is 43.2 Å². The SMILES string of the molecule is N#Cc1cccc(-c2cc(O)c(C(=O)NCC(=O)O)c3ncnn23)c1. The molecule has 9 heteroatoms. The van der Waals surface area contributed by atoms with Crippen molar-refractivity contribution in [2.24, 2.45) is 0 Å². The van der Waals surface area contributed by atoms with Crippen LogP contribution in [0.5, 0.6) is 5.75 Å². The van der Waals surface area contributed by atoms with Gasteiger partial charge in [-0.2, -0.15) is 10.4 Å². The third kappa shape index (κ3) is 2.96. The minimum Gasteiger partial charge on any atom is -0.507 e. The number of hydrogen-bond acceptors (Lipinski definition) is 6. The number of nitrogens with zero attached hydrogens (tertiary/aromatic N) is 4. The second-order valence-electron chi connectivity index (χ2n) is 5.05. The number of aliphatic carboxylic acids is 1. The first-order chi connectivity index (χ1) is 12.0. The van der Waals surface area contributed by atoms with Gasteiger partial charge >= 0.3 is 5.97 Å². The van der Waals surface area contributed by atoms with E-state index in [0.717, 1.165) is 0 Å². The molecule has 0 unspecified atom stereocenters. The second kappa shape index (κ2) is 6.29. The number of carboxylic acids is 1. The lowest BCUT2D eigenvalue weighted by atomic mass is 10.1. The van der Waals surface area contributed by atoms with E-state index < -0.39 is 18.4 Å². The molecule has 0 aliphatic rings. The third-order valence-electron chi connectivity index (χ3n) is 3.44. The predicted octanol–water partition coefficient (Wildman–Crippen LogP) is 0.788. The average Bonchev–Trinajstić information content (AvgIpc) is 3.08. The highest BCUT2D eigenvalue weighted by Crippen LogP contribution is 2.29. The zero-order chi connectivity index (χ0) is 18.0. The summed E-state index contributed by atoms with van der Waals surface area (Å²) in [4.78, 5) is 26.7. The van der Waals surface area contributed by atoms with Crippen LogP contribution in [0.3, 0.4) is 0 Å². The molecule has 0 bridgehead atoms. The number of fused-ring (bicyclic) bond motifs is 1. The molecule has 25 heavy (non-hydrogen) atoms. The van der Waals surface area contributed by atoms with Crippen molar-refractivity contribution in [2.75, 3.05) is 6.54 Å². The van der Waals surface area contributed by atoms with Crippen LogP contribution in [0.1, 0.15) is 15.9 Å². The summed E-state index contributed by atoms with van der Waals surface area (Å²) < 4.78 is 1.34. The molecule has 0 aliphatic heterocycles. The highest BCUT2D eigenvalue weighted by atomic mass is 16.4. The zero-order valence-corrected chi connectivity index (χ0v) is 12.7. The van der Waals surface area contributed by atoms with E-state index in [1.54, 1.807) is 24.3 Å². The molecular weight excluding hydrogens is 326 g/mol. The Labute approximate surface area is 140 Å². The number of nitriles is 1. The van der Waals surface area contributed by atoms with Crippen molar-refractivity contribution in [3.8, 4) is 23.1 Å². The Morgan fingerprint density at radius 1 is 1.32 bits per heavy atom. The van der Waals surface area contributed by atoms with Gasteiger partial charge < -0.3 is 15.5 Å². The zero-order valence-electron chi connectivity index (χ0n) is 12.7. The maximum absolute atomic E-state index is 12.2. The van der Waals surface area contributed by atoms with Crippen molar-refractivity contribution in [1.82, 2.24) is 19.9 Å². The first-order valence-corrected chi connectivity index (χ1v) is 7.07. The van der Waals surface area contributed by atoms with E-state index >= 15 is 0 Å². The largest absolute Gasteiger partial charge is 0.507 e. The molecule has 1 aromatic carbocycles. The number of benzene rings is 1. The molecule has 3 N–H and O–H groups in total. The second-order valence-corrected chi connectivity index (χ2v) is 5.05. The van der Waals surface area contributed by atoms with Gasteiger partial charge in [-0.05, 0) is 12.1 Å². The Morgan fingerprint density at radius 3 is 2.84 bits per heavy atom. The van der Waals surface area contributed by atoms with Gasteiger partial charge in [-0.25, -0.2) is 9.50 Å². The number of aromatic nitrogens is 3. The molecule has 2 aromatic heterocycles. The van der Waals surface area contributed by atoms with Crippen molar-refractivity contribution in [3.63, 3.8) is 0 Å². The fourth-order valence-corrected chi connectivity index (χ4v) is 2.38. The quantitative estimate of drug-likeness (QED) is 0.639. The summed E-state index contributed by atoms with van der Waals surface area (Å²) in [6.07, 6.45) is 1.21. The number of aromatic hydroxyl groups is 1. The summed E-state index contributed by atoms with van der Waals surface area (Å²) in [5.41, 5.74) is 1.34. The van der Waals surface area contributed by atoms with Gasteiger partial charge in [0.15, 0.2) is 5.65 Å². The van der Waals surface area contributed by atoms with Crippen molar-refractivity contribution in [2.45, 2.75) is 0 Å². The lowest BCUT2D eigenvalue weighted by molar-refractivity contribution is -0.135. The minimum absolute atomic E-state index is 0.0697. The van der Waals surface area contributed by atoms with E-state index in [9.17, 15) is 14.7 Å². The smallest absolute Gasteiger partial charge is 0.322 e. The summed E-state index contributed by atoms with van der Waals surface area (Å²) in [6, 6.07) is 9.99. The van der Waals surface area contributed by atoms with E-state index in [2.05, 4.69) is 15.4 Å². The molecule has 2 heterocycles. The summed E-state index contributed by atoms with van der Waals surface area (Å²) in [5.74, 6) is -2.37. The van der Waals surface area contributed by atoms with Crippen LogP contribution in [0.4, 0.5) is 0 Å². The Hall–Kier alpha value is -3.93. The fourth-order valence-electron chi connectivity index (χ4n) is 2.38. The van der Waals surface area contributed by atoms with Gasteiger partial charge in [0, 0.05) is 11.6 Å². The van der Waals surface area contributed by atoms with Crippen molar-refractivity contribution >= 4 is 17.5 Å². The van der Waals surface area contributed by atoms with Gasteiger partial charge in [-0.3, -0.25) is 9.59 Å². The molecule has 124 valence electrons. The first kappa shape index (κ1) is 15.9.